The molecule has 0 radical (unpaired) electrons. The number of ketones is 1. The third-order valence-electron chi connectivity index (χ3n) is 2.48. The highest BCUT2D eigenvalue weighted by Crippen LogP contribution is 2.29. The van der Waals surface area contributed by atoms with Crippen LogP contribution in [0.25, 0.3) is 6.08 Å². The summed E-state index contributed by atoms with van der Waals surface area (Å²) in [5.41, 5.74) is 1.12. The highest BCUT2D eigenvalue weighted by atomic mass is 32.2. The van der Waals surface area contributed by atoms with Crippen LogP contribution in [0.15, 0.2) is 29.2 Å². The minimum Gasteiger partial charge on any atom is -0.497 e. The minimum absolute atomic E-state index is 0.346. The lowest BCUT2D eigenvalue weighted by Gasteiger charge is -2.12. The number of hydrogen-bond donors (Lipinski definition) is 0. The first kappa shape index (κ1) is 11.3. The van der Waals surface area contributed by atoms with Crippen LogP contribution in [-0.2, 0) is 4.79 Å². The lowest BCUT2D eigenvalue weighted by molar-refractivity contribution is -0.118. The quantitative estimate of drug-likeness (QED) is 0.786. The monoisotopic (exact) mass is 234 g/mol. The van der Waals surface area contributed by atoms with Gasteiger partial charge in [0.15, 0.2) is 0 Å². The van der Waals surface area contributed by atoms with Crippen LogP contribution in [0.1, 0.15) is 18.4 Å². The van der Waals surface area contributed by atoms with Crippen LogP contribution in [0.2, 0.25) is 0 Å². The van der Waals surface area contributed by atoms with E-state index in [0.29, 0.717) is 18.6 Å². The summed E-state index contributed by atoms with van der Waals surface area (Å²) < 4.78 is 5.10. The molecule has 0 saturated carbocycles. The summed E-state index contributed by atoms with van der Waals surface area (Å²) in [7, 11) is 1.66. The first-order chi connectivity index (χ1) is 7.78. The Morgan fingerprint density at radius 1 is 1.31 bits per heavy atom. The SMILES string of the molecule is COc1ccc(/C=C2\CC(=O)CCS2)cc1. The summed E-state index contributed by atoms with van der Waals surface area (Å²) in [5.74, 6) is 2.12. The standard InChI is InChI=1S/C13H14O2S/c1-15-12-4-2-10(3-5-12)8-13-9-11(14)6-7-16-13/h2-5,8H,6-7,9H2,1H3/b13-8+. The molecule has 84 valence electrons. The van der Waals surface area contributed by atoms with Crippen LogP contribution in [0.4, 0.5) is 0 Å². The molecule has 0 bridgehead atoms. The molecule has 1 heterocycles. The zero-order chi connectivity index (χ0) is 11.4. The van der Waals surface area contributed by atoms with Crippen molar-refractivity contribution in [3.8, 4) is 5.75 Å². The van der Waals surface area contributed by atoms with Crippen molar-refractivity contribution in [1.82, 2.24) is 0 Å². The smallest absolute Gasteiger partial charge is 0.138 e. The van der Waals surface area contributed by atoms with Gasteiger partial charge in [0.2, 0.25) is 0 Å². The maximum absolute atomic E-state index is 11.3. The van der Waals surface area contributed by atoms with E-state index in [4.69, 9.17) is 4.74 Å². The molecule has 0 N–H and O–H groups in total. The summed E-state index contributed by atoms with van der Waals surface area (Å²) in [4.78, 5) is 12.5. The van der Waals surface area contributed by atoms with Crippen molar-refractivity contribution < 1.29 is 9.53 Å². The number of methoxy groups -OCH3 is 1. The van der Waals surface area contributed by atoms with Gasteiger partial charge in [-0.1, -0.05) is 12.1 Å². The fraction of sp³-hybridized carbons (Fsp3) is 0.308. The molecule has 0 atom stereocenters. The van der Waals surface area contributed by atoms with Gasteiger partial charge >= 0.3 is 0 Å². The number of carbonyl (C=O) groups excluding carboxylic acids is 1. The molecular formula is C13H14O2S. The number of hydrogen-bond acceptors (Lipinski definition) is 3. The summed E-state index contributed by atoms with van der Waals surface area (Å²) in [6, 6.07) is 7.88. The third kappa shape index (κ3) is 2.89. The number of rotatable bonds is 2. The van der Waals surface area contributed by atoms with Gasteiger partial charge in [0.25, 0.3) is 0 Å². The molecule has 0 aromatic heterocycles. The maximum Gasteiger partial charge on any atom is 0.138 e. The number of benzene rings is 1. The molecule has 1 aliphatic rings. The van der Waals surface area contributed by atoms with E-state index >= 15 is 0 Å². The first-order valence-corrected chi connectivity index (χ1v) is 6.25. The normalized spacial score (nSPS) is 18.8. The molecule has 3 heteroatoms. The van der Waals surface area contributed by atoms with E-state index in [2.05, 4.69) is 6.08 Å². The molecule has 0 amide bonds. The molecule has 0 spiro atoms. The van der Waals surface area contributed by atoms with Crippen molar-refractivity contribution >= 4 is 23.6 Å². The van der Waals surface area contributed by atoms with Gasteiger partial charge in [-0.25, -0.2) is 0 Å². The topological polar surface area (TPSA) is 26.3 Å². The van der Waals surface area contributed by atoms with E-state index in [-0.39, 0.29) is 0 Å². The Labute approximate surface area is 99.7 Å². The summed E-state index contributed by atoms with van der Waals surface area (Å²) in [5, 5.41) is 0. The average molecular weight is 234 g/mol. The molecule has 1 aliphatic heterocycles. The maximum atomic E-state index is 11.3. The van der Waals surface area contributed by atoms with Gasteiger partial charge < -0.3 is 4.74 Å². The van der Waals surface area contributed by atoms with Crippen LogP contribution < -0.4 is 4.74 Å². The van der Waals surface area contributed by atoms with E-state index in [1.807, 2.05) is 24.3 Å². The van der Waals surface area contributed by atoms with Gasteiger partial charge in [-0.2, -0.15) is 0 Å². The molecule has 1 aromatic rings. The zero-order valence-electron chi connectivity index (χ0n) is 9.23. The van der Waals surface area contributed by atoms with Crippen LogP contribution in [-0.4, -0.2) is 18.6 Å². The molecule has 0 aliphatic carbocycles. The van der Waals surface area contributed by atoms with E-state index in [9.17, 15) is 4.79 Å². The van der Waals surface area contributed by atoms with E-state index < -0.39 is 0 Å². The van der Waals surface area contributed by atoms with Crippen LogP contribution in [0.3, 0.4) is 0 Å². The Morgan fingerprint density at radius 3 is 2.69 bits per heavy atom. The van der Waals surface area contributed by atoms with Crippen molar-refractivity contribution in [3.05, 3.63) is 34.7 Å². The van der Waals surface area contributed by atoms with Gasteiger partial charge in [0.1, 0.15) is 11.5 Å². The number of ether oxygens (including phenoxy) is 1. The van der Waals surface area contributed by atoms with Gasteiger partial charge in [-0.3, -0.25) is 4.79 Å². The number of carbonyl (C=O) groups is 1. The van der Waals surface area contributed by atoms with E-state index in [0.717, 1.165) is 17.1 Å². The second kappa shape index (κ2) is 5.21. The summed E-state index contributed by atoms with van der Waals surface area (Å²) in [6.45, 7) is 0. The lowest BCUT2D eigenvalue weighted by Crippen LogP contribution is -2.05. The van der Waals surface area contributed by atoms with Crippen molar-refractivity contribution in [2.24, 2.45) is 0 Å². The highest BCUT2D eigenvalue weighted by molar-refractivity contribution is 8.03. The van der Waals surface area contributed by atoms with Crippen molar-refractivity contribution in [2.75, 3.05) is 12.9 Å². The van der Waals surface area contributed by atoms with Crippen LogP contribution in [0, 0.1) is 0 Å². The van der Waals surface area contributed by atoms with Gasteiger partial charge in [0, 0.05) is 18.6 Å². The summed E-state index contributed by atoms with van der Waals surface area (Å²) >= 11 is 1.78. The molecule has 0 unspecified atom stereocenters. The zero-order valence-corrected chi connectivity index (χ0v) is 10.0. The van der Waals surface area contributed by atoms with Gasteiger partial charge in [-0.15, -0.1) is 11.8 Å². The molecule has 2 nitrogen and oxygen atoms in total. The predicted molar refractivity (Wildman–Crippen MR) is 67.7 cm³/mol. The van der Waals surface area contributed by atoms with E-state index in [1.165, 1.54) is 4.91 Å². The predicted octanol–water partition coefficient (Wildman–Crippen LogP) is 3.13. The fourth-order valence-electron chi connectivity index (χ4n) is 1.61. The highest BCUT2D eigenvalue weighted by Gasteiger charge is 2.13. The Balaban J connectivity index is 2.12. The van der Waals surface area contributed by atoms with Crippen molar-refractivity contribution in [2.45, 2.75) is 12.8 Å². The second-order valence-corrected chi connectivity index (χ2v) is 4.92. The summed E-state index contributed by atoms with van der Waals surface area (Å²) in [6.07, 6.45) is 3.39. The van der Waals surface area contributed by atoms with Gasteiger partial charge in [-0.05, 0) is 28.7 Å². The number of thioether (sulfide) groups is 1. The lowest BCUT2D eigenvalue weighted by atomic mass is 10.1. The average Bonchev–Trinajstić information content (AvgIpc) is 2.30. The molecular weight excluding hydrogens is 220 g/mol. The molecule has 2 rings (SSSR count). The van der Waals surface area contributed by atoms with Crippen LogP contribution in [0.5, 0.6) is 5.75 Å². The molecule has 1 saturated heterocycles. The minimum atomic E-state index is 0.346. The Hall–Kier alpha value is -1.22. The largest absolute Gasteiger partial charge is 0.497 e. The Kier molecular flexibility index (Phi) is 3.67. The number of allylic oxidation sites excluding steroid dienone is 1. The molecule has 1 aromatic carbocycles. The molecule has 16 heavy (non-hydrogen) atoms. The Bertz CT molecular complexity index is 406. The van der Waals surface area contributed by atoms with Crippen molar-refractivity contribution in [3.63, 3.8) is 0 Å². The van der Waals surface area contributed by atoms with Gasteiger partial charge in [0.05, 0.1) is 7.11 Å². The third-order valence-corrected chi connectivity index (χ3v) is 3.52. The Morgan fingerprint density at radius 2 is 2.06 bits per heavy atom. The van der Waals surface area contributed by atoms with E-state index in [1.54, 1.807) is 18.9 Å². The first-order valence-electron chi connectivity index (χ1n) is 5.27. The van der Waals surface area contributed by atoms with Crippen LogP contribution >= 0.6 is 11.8 Å². The number of Topliss-reactive ketones (excluding diaryl/α,β-unsaturated/α-hetero) is 1. The van der Waals surface area contributed by atoms with Crippen molar-refractivity contribution in [1.29, 1.82) is 0 Å². The molecule has 1 fully saturated rings. The fourth-order valence-corrected chi connectivity index (χ4v) is 2.68. The second-order valence-electron chi connectivity index (χ2n) is 3.70.